The van der Waals surface area contributed by atoms with Gasteiger partial charge in [-0.2, -0.15) is 4.39 Å². The Bertz CT molecular complexity index is 493. The van der Waals surface area contributed by atoms with E-state index in [1.807, 2.05) is 0 Å². The highest BCUT2D eigenvalue weighted by molar-refractivity contribution is 5.96. The van der Waals surface area contributed by atoms with Gasteiger partial charge >= 0.3 is 5.97 Å². The third-order valence-corrected chi connectivity index (χ3v) is 3.23. The molecule has 0 spiro atoms. The minimum Gasteiger partial charge on any atom is -0.467 e. The van der Waals surface area contributed by atoms with E-state index in [1.54, 1.807) is 0 Å². The number of hydrogen-bond acceptors (Lipinski definition) is 4. The molecule has 1 amide bonds. The number of ether oxygens (including phenoxy) is 1. The summed E-state index contributed by atoms with van der Waals surface area (Å²) in [5.74, 6) is -1.79. The molecule has 0 radical (unpaired) electrons. The van der Waals surface area contributed by atoms with Crippen LogP contribution in [0.25, 0.3) is 0 Å². The third-order valence-electron chi connectivity index (χ3n) is 3.23. The van der Waals surface area contributed by atoms with Gasteiger partial charge in [-0.3, -0.25) is 4.79 Å². The van der Waals surface area contributed by atoms with E-state index in [4.69, 9.17) is 4.74 Å². The van der Waals surface area contributed by atoms with Gasteiger partial charge in [0.2, 0.25) is 5.95 Å². The Morgan fingerprint density at radius 3 is 2.95 bits per heavy atom. The van der Waals surface area contributed by atoms with E-state index in [2.05, 4.69) is 4.98 Å². The largest absolute Gasteiger partial charge is 0.467 e. The van der Waals surface area contributed by atoms with Crippen molar-refractivity contribution in [3.63, 3.8) is 0 Å². The van der Waals surface area contributed by atoms with Crippen LogP contribution in [0, 0.1) is 5.95 Å². The lowest BCUT2D eigenvalue weighted by Crippen LogP contribution is -2.48. The lowest BCUT2D eigenvalue weighted by Gasteiger charge is -2.33. The van der Waals surface area contributed by atoms with Crippen molar-refractivity contribution in [2.45, 2.75) is 25.3 Å². The topological polar surface area (TPSA) is 59.5 Å². The van der Waals surface area contributed by atoms with Crippen LogP contribution in [0.15, 0.2) is 18.3 Å². The Hall–Kier alpha value is -1.98. The summed E-state index contributed by atoms with van der Waals surface area (Å²) < 4.78 is 18.2. The lowest BCUT2D eigenvalue weighted by atomic mass is 10.0. The van der Waals surface area contributed by atoms with E-state index >= 15 is 0 Å². The van der Waals surface area contributed by atoms with Crippen LogP contribution < -0.4 is 0 Å². The molecule has 5 nitrogen and oxygen atoms in total. The third kappa shape index (κ3) is 2.72. The molecule has 19 heavy (non-hydrogen) atoms. The summed E-state index contributed by atoms with van der Waals surface area (Å²) in [5.41, 5.74) is -0.113. The van der Waals surface area contributed by atoms with Crippen LogP contribution in [0.3, 0.4) is 0 Å². The predicted octanol–water partition coefficient (Wildman–Crippen LogP) is 1.39. The number of methoxy groups -OCH3 is 1. The molecule has 102 valence electrons. The Kier molecular flexibility index (Phi) is 4.09. The summed E-state index contributed by atoms with van der Waals surface area (Å²) in [5, 5.41) is 0. The van der Waals surface area contributed by atoms with E-state index in [-0.39, 0.29) is 5.56 Å². The Morgan fingerprint density at radius 2 is 2.26 bits per heavy atom. The highest BCUT2D eigenvalue weighted by Gasteiger charge is 2.34. The van der Waals surface area contributed by atoms with E-state index in [0.717, 1.165) is 12.8 Å². The van der Waals surface area contributed by atoms with Crippen molar-refractivity contribution < 1.29 is 18.7 Å². The monoisotopic (exact) mass is 266 g/mol. The number of hydrogen-bond donors (Lipinski definition) is 0. The van der Waals surface area contributed by atoms with Crippen LogP contribution in [0.5, 0.6) is 0 Å². The maximum absolute atomic E-state index is 13.5. The van der Waals surface area contributed by atoms with Gasteiger partial charge in [-0.15, -0.1) is 0 Å². The minimum absolute atomic E-state index is 0.113. The Balaban J connectivity index is 2.25. The molecule has 1 unspecified atom stereocenters. The smallest absolute Gasteiger partial charge is 0.328 e. The van der Waals surface area contributed by atoms with Gasteiger partial charge in [0.25, 0.3) is 5.91 Å². The molecule has 2 rings (SSSR count). The van der Waals surface area contributed by atoms with E-state index in [0.29, 0.717) is 13.0 Å². The number of carbonyl (C=O) groups excluding carboxylic acids is 2. The van der Waals surface area contributed by atoms with Crippen molar-refractivity contribution in [1.29, 1.82) is 0 Å². The first-order valence-electron chi connectivity index (χ1n) is 6.14. The molecule has 0 N–H and O–H groups in total. The quantitative estimate of drug-likeness (QED) is 0.599. The van der Waals surface area contributed by atoms with Crippen LogP contribution in [-0.4, -0.2) is 41.5 Å². The average molecular weight is 266 g/mol. The van der Waals surface area contributed by atoms with Crippen LogP contribution in [0.2, 0.25) is 0 Å². The van der Waals surface area contributed by atoms with Crippen molar-refractivity contribution in [3.05, 3.63) is 29.8 Å². The molecule has 0 aromatic carbocycles. The van der Waals surface area contributed by atoms with Crippen molar-refractivity contribution in [2.24, 2.45) is 0 Å². The number of amides is 1. The molecule has 1 aliphatic rings. The summed E-state index contributed by atoms with van der Waals surface area (Å²) >= 11 is 0. The number of esters is 1. The number of nitrogens with zero attached hydrogens (tertiary/aromatic N) is 2. The van der Waals surface area contributed by atoms with Gasteiger partial charge in [-0.25, -0.2) is 9.78 Å². The van der Waals surface area contributed by atoms with Crippen LogP contribution in [0.4, 0.5) is 4.39 Å². The summed E-state index contributed by atoms with van der Waals surface area (Å²) in [6.07, 6.45) is 3.46. The van der Waals surface area contributed by atoms with Crippen molar-refractivity contribution >= 4 is 11.9 Å². The van der Waals surface area contributed by atoms with Gasteiger partial charge in [-0.05, 0) is 31.4 Å². The first-order chi connectivity index (χ1) is 9.15. The summed E-state index contributed by atoms with van der Waals surface area (Å²) in [4.78, 5) is 28.8. The van der Waals surface area contributed by atoms with Crippen molar-refractivity contribution in [1.82, 2.24) is 9.88 Å². The van der Waals surface area contributed by atoms with Gasteiger partial charge < -0.3 is 9.64 Å². The molecule has 0 bridgehead atoms. The molecule has 1 saturated heterocycles. The van der Waals surface area contributed by atoms with Gasteiger partial charge in [-0.1, -0.05) is 0 Å². The maximum atomic E-state index is 13.5. The number of likely N-dealkylation sites (tertiary alicyclic amines) is 1. The van der Waals surface area contributed by atoms with Gasteiger partial charge in [0.1, 0.15) is 6.04 Å². The van der Waals surface area contributed by atoms with Crippen LogP contribution >= 0.6 is 0 Å². The van der Waals surface area contributed by atoms with E-state index in [9.17, 15) is 14.0 Å². The molecule has 0 saturated carbocycles. The molecule has 1 aromatic heterocycles. The zero-order valence-electron chi connectivity index (χ0n) is 10.6. The van der Waals surface area contributed by atoms with Crippen LogP contribution in [0.1, 0.15) is 29.6 Å². The second-order valence-corrected chi connectivity index (χ2v) is 4.38. The number of piperidine rings is 1. The summed E-state index contributed by atoms with van der Waals surface area (Å²) in [7, 11) is 1.28. The van der Waals surface area contributed by atoms with Gasteiger partial charge in [0.05, 0.1) is 12.7 Å². The predicted molar refractivity (Wildman–Crippen MR) is 64.9 cm³/mol. The molecular weight excluding hydrogens is 251 g/mol. The molecule has 2 heterocycles. The SMILES string of the molecule is COC(=O)C1CCCCN1C(=O)c1cccnc1F. The molecule has 1 atom stereocenters. The molecule has 1 fully saturated rings. The number of pyridine rings is 1. The molecule has 0 aliphatic carbocycles. The second kappa shape index (κ2) is 5.77. The number of halogens is 1. The normalized spacial score (nSPS) is 19.1. The van der Waals surface area contributed by atoms with Crippen molar-refractivity contribution in [2.75, 3.05) is 13.7 Å². The fraction of sp³-hybridized carbons (Fsp3) is 0.462. The van der Waals surface area contributed by atoms with Crippen LogP contribution in [-0.2, 0) is 9.53 Å². The Labute approximate surface area is 110 Å². The van der Waals surface area contributed by atoms with Gasteiger partial charge in [0, 0.05) is 12.7 Å². The zero-order chi connectivity index (χ0) is 13.8. The fourth-order valence-electron chi connectivity index (χ4n) is 2.26. The Morgan fingerprint density at radius 1 is 1.47 bits per heavy atom. The lowest BCUT2D eigenvalue weighted by molar-refractivity contribution is -0.147. The molecular formula is C13H15FN2O3. The number of aromatic nitrogens is 1. The number of carbonyl (C=O) groups is 2. The zero-order valence-corrected chi connectivity index (χ0v) is 10.6. The number of rotatable bonds is 2. The van der Waals surface area contributed by atoms with E-state index < -0.39 is 23.9 Å². The summed E-state index contributed by atoms with van der Waals surface area (Å²) in [6.45, 7) is 0.424. The second-order valence-electron chi connectivity index (χ2n) is 4.38. The first kappa shape index (κ1) is 13.5. The highest BCUT2D eigenvalue weighted by Crippen LogP contribution is 2.21. The molecule has 1 aliphatic heterocycles. The van der Waals surface area contributed by atoms with E-state index in [1.165, 1.54) is 30.3 Å². The minimum atomic E-state index is -0.818. The van der Waals surface area contributed by atoms with Crippen molar-refractivity contribution in [3.8, 4) is 0 Å². The molecule has 1 aromatic rings. The van der Waals surface area contributed by atoms with Gasteiger partial charge in [0.15, 0.2) is 0 Å². The summed E-state index contributed by atoms with van der Waals surface area (Å²) in [6, 6.07) is 2.23. The maximum Gasteiger partial charge on any atom is 0.328 e. The fourth-order valence-corrected chi connectivity index (χ4v) is 2.26. The average Bonchev–Trinajstić information content (AvgIpc) is 2.46. The standard InChI is InChI=1S/C13H15FN2O3/c1-19-13(18)10-6-2-3-8-16(10)12(17)9-5-4-7-15-11(9)14/h4-5,7,10H,2-3,6,8H2,1H3. The molecule has 6 heteroatoms. The highest BCUT2D eigenvalue weighted by atomic mass is 19.1. The first-order valence-corrected chi connectivity index (χ1v) is 6.14.